The van der Waals surface area contributed by atoms with Crippen LogP contribution in [0.5, 0.6) is 0 Å². The highest BCUT2D eigenvalue weighted by atomic mass is 19.1. The Morgan fingerprint density at radius 3 is 2.89 bits per heavy atom. The second-order valence-electron chi connectivity index (χ2n) is 4.04. The average Bonchev–Trinajstić information content (AvgIpc) is 2.39. The molecule has 0 atom stereocenters. The number of nitrogens with zero attached hydrogens (tertiary/aromatic N) is 3. The Bertz CT molecular complexity index is 530. The van der Waals surface area contributed by atoms with Gasteiger partial charge in [-0.3, -0.25) is 0 Å². The Labute approximate surface area is 105 Å². The van der Waals surface area contributed by atoms with Crippen molar-refractivity contribution in [3.8, 4) is 0 Å². The van der Waals surface area contributed by atoms with Gasteiger partial charge in [0.1, 0.15) is 5.82 Å². The van der Waals surface area contributed by atoms with Crippen LogP contribution in [0, 0.1) is 5.82 Å². The first kappa shape index (κ1) is 12.4. The molecule has 1 aromatic heterocycles. The summed E-state index contributed by atoms with van der Waals surface area (Å²) in [5, 5.41) is 0. The van der Waals surface area contributed by atoms with Crippen LogP contribution in [0.15, 0.2) is 36.5 Å². The molecule has 0 fully saturated rings. The molecule has 0 aliphatic carbocycles. The number of nitrogens with two attached hydrogens (primary N) is 1. The van der Waals surface area contributed by atoms with E-state index in [1.165, 1.54) is 12.1 Å². The topological polar surface area (TPSA) is 55.0 Å². The van der Waals surface area contributed by atoms with E-state index in [2.05, 4.69) is 9.97 Å². The van der Waals surface area contributed by atoms with E-state index in [1.807, 2.05) is 18.0 Å². The molecular weight excluding hydrogens is 231 g/mol. The number of halogens is 1. The maximum absolute atomic E-state index is 13.1. The fraction of sp³-hybridized carbons (Fsp3) is 0.231. The lowest BCUT2D eigenvalue weighted by molar-refractivity contribution is 0.625. The van der Waals surface area contributed by atoms with E-state index in [1.54, 1.807) is 18.3 Å². The van der Waals surface area contributed by atoms with Crippen LogP contribution >= 0.6 is 0 Å². The Kier molecular flexibility index (Phi) is 3.84. The van der Waals surface area contributed by atoms with Gasteiger partial charge in [0.2, 0.25) is 5.95 Å². The summed E-state index contributed by atoms with van der Waals surface area (Å²) in [5.74, 6) is 0.347. The number of anilines is 1. The Morgan fingerprint density at radius 2 is 2.17 bits per heavy atom. The minimum atomic E-state index is -0.238. The van der Waals surface area contributed by atoms with Crippen LogP contribution in [0.3, 0.4) is 0 Å². The zero-order chi connectivity index (χ0) is 13.0. The summed E-state index contributed by atoms with van der Waals surface area (Å²) in [6.07, 6.45) is 1.67. The summed E-state index contributed by atoms with van der Waals surface area (Å²) in [5.41, 5.74) is 7.19. The minimum Gasteiger partial charge on any atom is -0.340 e. The fourth-order valence-electron chi connectivity index (χ4n) is 1.66. The van der Waals surface area contributed by atoms with Crippen LogP contribution in [0.2, 0.25) is 0 Å². The molecule has 0 amide bonds. The summed E-state index contributed by atoms with van der Waals surface area (Å²) in [6, 6.07) is 8.26. The lowest BCUT2D eigenvalue weighted by Crippen LogP contribution is -2.20. The third-order valence-corrected chi connectivity index (χ3v) is 2.56. The van der Waals surface area contributed by atoms with Gasteiger partial charge in [0.25, 0.3) is 0 Å². The average molecular weight is 246 g/mol. The summed E-state index contributed by atoms with van der Waals surface area (Å²) < 4.78 is 13.1. The largest absolute Gasteiger partial charge is 0.340 e. The molecule has 5 heteroatoms. The number of rotatable bonds is 4. The van der Waals surface area contributed by atoms with E-state index in [9.17, 15) is 4.39 Å². The van der Waals surface area contributed by atoms with Crippen molar-refractivity contribution < 1.29 is 4.39 Å². The molecule has 0 saturated carbocycles. The smallest absolute Gasteiger partial charge is 0.225 e. The normalized spacial score (nSPS) is 10.4. The predicted molar refractivity (Wildman–Crippen MR) is 68.4 cm³/mol. The van der Waals surface area contributed by atoms with Crippen LogP contribution in [-0.2, 0) is 13.1 Å². The second-order valence-corrected chi connectivity index (χ2v) is 4.04. The van der Waals surface area contributed by atoms with Gasteiger partial charge >= 0.3 is 0 Å². The molecule has 0 spiro atoms. The zero-order valence-corrected chi connectivity index (χ0v) is 10.2. The molecule has 2 aromatic rings. The molecule has 0 radical (unpaired) electrons. The molecule has 94 valence electrons. The predicted octanol–water partition coefficient (Wildman–Crippen LogP) is 1.71. The van der Waals surface area contributed by atoms with Crippen LogP contribution in [0.4, 0.5) is 10.3 Å². The molecule has 4 nitrogen and oxygen atoms in total. The van der Waals surface area contributed by atoms with Crippen molar-refractivity contribution in [2.24, 2.45) is 5.73 Å². The third kappa shape index (κ3) is 3.01. The van der Waals surface area contributed by atoms with E-state index >= 15 is 0 Å². The molecule has 0 bridgehead atoms. The third-order valence-electron chi connectivity index (χ3n) is 2.56. The van der Waals surface area contributed by atoms with Crippen molar-refractivity contribution in [2.45, 2.75) is 13.1 Å². The van der Waals surface area contributed by atoms with Crippen LogP contribution in [-0.4, -0.2) is 17.0 Å². The molecule has 2 rings (SSSR count). The minimum absolute atomic E-state index is 0.238. The first-order valence-electron chi connectivity index (χ1n) is 5.66. The molecule has 1 aromatic carbocycles. The summed E-state index contributed by atoms with van der Waals surface area (Å²) in [7, 11) is 1.86. The lowest BCUT2D eigenvalue weighted by atomic mass is 10.2. The zero-order valence-electron chi connectivity index (χ0n) is 10.2. The fourth-order valence-corrected chi connectivity index (χ4v) is 1.66. The number of hydrogen-bond acceptors (Lipinski definition) is 4. The van der Waals surface area contributed by atoms with E-state index in [0.29, 0.717) is 19.0 Å². The Hall–Kier alpha value is -2.01. The molecule has 1 heterocycles. The number of hydrogen-bond donors (Lipinski definition) is 1. The van der Waals surface area contributed by atoms with Crippen molar-refractivity contribution >= 4 is 5.95 Å². The molecule has 0 saturated heterocycles. The highest BCUT2D eigenvalue weighted by Gasteiger charge is 2.06. The van der Waals surface area contributed by atoms with Crippen molar-refractivity contribution in [3.05, 3.63) is 53.6 Å². The Morgan fingerprint density at radius 1 is 1.33 bits per heavy atom. The van der Waals surface area contributed by atoms with Crippen molar-refractivity contribution in [2.75, 3.05) is 11.9 Å². The summed E-state index contributed by atoms with van der Waals surface area (Å²) >= 11 is 0. The van der Waals surface area contributed by atoms with Gasteiger partial charge < -0.3 is 10.6 Å². The highest BCUT2D eigenvalue weighted by Crippen LogP contribution is 2.11. The summed E-state index contributed by atoms with van der Waals surface area (Å²) in [4.78, 5) is 10.3. The molecule has 18 heavy (non-hydrogen) atoms. The van der Waals surface area contributed by atoms with Crippen molar-refractivity contribution in [1.29, 1.82) is 0 Å². The van der Waals surface area contributed by atoms with Crippen molar-refractivity contribution in [3.63, 3.8) is 0 Å². The molecule has 0 unspecified atom stereocenters. The van der Waals surface area contributed by atoms with Crippen LogP contribution in [0.1, 0.15) is 11.3 Å². The van der Waals surface area contributed by atoms with Gasteiger partial charge in [-0.2, -0.15) is 0 Å². The Balaban J connectivity index is 2.13. The quantitative estimate of drug-likeness (QED) is 0.892. The van der Waals surface area contributed by atoms with Gasteiger partial charge in [-0.15, -0.1) is 0 Å². The van der Waals surface area contributed by atoms with Gasteiger partial charge in [0, 0.05) is 26.3 Å². The molecule has 0 aliphatic heterocycles. The number of benzene rings is 1. The molecule has 2 N–H and O–H groups in total. The van der Waals surface area contributed by atoms with Gasteiger partial charge in [-0.1, -0.05) is 12.1 Å². The lowest BCUT2D eigenvalue weighted by Gasteiger charge is -2.17. The van der Waals surface area contributed by atoms with E-state index < -0.39 is 0 Å². The second kappa shape index (κ2) is 5.55. The van der Waals surface area contributed by atoms with Crippen LogP contribution < -0.4 is 10.6 Å². The standard InChI is InChI=1S/C13H15FN4/c1-18(9-10-3-2-4-11(14)7-10)13-16-6-5-12(8-15)17-13/h2-7H,8-9,15H2,1H3. The summed E-state index contributed by atoms with van der Waals surface area (Å²) in [6.45, 7) is 0.926. The SMILES string of the molecule is CN(Cc1cccc(F)c1)c1nccc(CN)n1. The highest BCUT2D eigenvalue weighted by molar-refractivity contribution is 5.31. The van der Waals surface area contributed by atoms with E-state index in [4.69, 9.17) is 5.73 Å². The first-order valence-corrected chi connectivity index (χ1v) is 5.66. The van der Waals surface area contributed by atoms with E-state index in [0.717, 1.165) is 11.3 Å². The maximum atomic E-state index is 13.1. The molecular formula is C13H15FN4. The number of aromatic nitrogens is 2. The van der Waals surface area contributed by atoms with Gasteiger partial charge in [0.15, 0.2) is 0 Å². The van der Waals surface area contributed by atoms with Crippen LogP contribution in [0.25, 0.3) is 0 Å². The van der Waals surface area contributed by atoms with Gasteiger partial charge in [-0.05, 0) is 23.8 Å². The molecule has 0 aliphatic rings. The first-order chi connectivity index (χ1) is 8.69. The van der Waals surface area contributed by atoms with Gasteiger partial charge in [0.05, 0.1) is 5.69 Å². The maximum Gasteiger partial charge on any atom is 0.225 e. The van der Waals surface area contributed by atoms with Gasteiger partial charge in [-0.25, -0.2) is 14.4 Å². The monoisotopic (exact) mass is 246 g/mol. The van der Waals surface area contributed by atoms with E-state index in [-0.39, 0.29) is 5.82 Å². The van der Waals surface area contributed by atoms with Crippen molar-refractivity contribution in [1.82, 2.24) is 9.97 Å².